The zero-order valence-corrected chi connectivity index (χ0v) is 7.68. The minimum absolute atomic E-state index is 0.0184. The predicted molar refractivity (Wildman–Crippen MR) is 44.1 cm³/mol. The first kappa shape index (κ1) is 10.4. The van der Waals surface area contributed by atoms with E-state index in [1.807, 2.05) is 20.8 Å². The molecule has 0 saturated heterocycles. The Morgan fingerprint density at radius 3 is 2.27 bits per heavy atom. The molecular weight excluding hydrogens is 142 g/mol. The molecule has 0 aromatic carbocycles. The maximum Gasteiger partial charge on any atom is 0.322 e. The summed E-state index contributed by atoms with van der Waals surface area (Å²) in [6.45, 7) is 8.04. The molecule has 0 aromatic rings. The Balaban J connectivity index is 3.64. The van der Waals surface area contributed by atoms with Crippen LogP contribution in [-0.4, -0.2) is 18.6 Å². The van der Waals surface area contributed by atoms with Crippen LogP contribution in [0.25, 0.3) is 0 Å². The van der Waals surface area contributed by atoms with Gasteiger partial charge in [0.15, 0.2) is 0 Å². The summed E-state index contributed by atoms with van der Waals surface area (Å²) in [7, 11) is 0. The molecule has 0 unspecified atom stereocenters. The van der Waals surface area contributed by atoms with Gasteiger partial charge < -0.3 is 10.5 Å². The lowest BCUT2D eigenvalue weighted by Gasteiger charge is -2.18. The molecule has 0 bridgehead atoms. The molecule has 3 heteroatoms. The fourth-order valence-corrected chi connectivity index (χ4v) is 0.419. The lowest BCUT2D eigenvalue weighted by molar-refractivity contribution is -0.147. The van der Waals surface area contributed by atoms with E-state index >= 15 is 0 Å². The van der Waals surface area contributed by atoms with Gasteiger partial charge >= 0.3 is 5.97 Å². The topological polar surface area (TPSA) is 52.3 Å². The van der Waals surface area contributed by atoms with Crippen LogP contribution in [0.15, 0.2) is 0 Å². The summed E-state index contributed by atoms with van der Waals surface area (Å²) in [5, 5.41) is 0. The first-order valence-corrected chi connectivity index (χ1v) is 3.75. The third-order valence-corrected chi connectivity index (χ3v) is 1.02. The summed E-state index contributed by atoms with van der Waals surface area (Å²) in [4.78, 5) is 10.8. The highest BCUT2D eigenvalue weighted by Gasteiger charge is 2.15. The van der Waals surface area contributed by atoms with E-state index in [0.717, 1.165) is 0 Å². The summed E-state index contributed by atoms with van der Waals surface area (Å²) in [5.41, 5.74) is 5.31. The number of carbonyl (C=O) groups is 1. The maximum atomic E-state index is 10.8. The molecule has 1 atom stereocenters. The molecule has 11 heavy (non-hydrogen) atoms. The van der Waals surface area contributed by atoms with Crippen LogP contribution in [0.3, 0.4) is 0 Å². The second-order valence-electron chi connectivity index (χ2n) is 3.96. The molecule has 0 amide bonds. The first-order valence-electron chi connectivity index (χ1n) is 3.75. The van der Waals surface area contributed by atoms with Crippen LogP contribution in [0, 0.1) is 5.41 Å². The van der Waals surface area contributed by atoms with Crippen LogP contribution in [0.2, 0.25) is 0 Å². The average Bonchev–Trinajstić information content (AvgIpc) is 1.80. The van der Waals surface area contributed by atoms with Crippen molar-refractivity contribution in [2.45, 2.75) is 33.7 Å². The van der Waals surface area contributed by atoms with Crippen LogP contribution in [-0.2, 0) is 9.53 Å². The minimum Gasteiger partial charge on any atom is -0.464 e. The molecule has 0 aromatic heterocycles. The van der Waals surface area contributed by atoms with Crippen LogP contribution >= 0.6 is 0 Å². The van der Waals surface area contributed by atoms with Crippen molar-refractivity contribution < 1.29 is 9.53 Å². The normalized spacial score (nSPS) is 14.3. The van der Waals surface area contributed by atoms with E-state index < -0.39 is 6.04 Å². The van der Waals surface area contributed by atoms with Gasteiger partial charge in [-0.3, -0.25) is 4.79 Å². The number of hydrogen-bond donors (Lipinski definition) is 1. The number of rotatable bonds is 2. The van der Waals surface area contributed by atoms with Gasteiger partial charge in [-0.2, -0.15) is 0 Å². The van der Waals surface area contributed by atoms with Crippen LogP contribution in [0.5, 0.6) is 0 Å². The third kappa shape index (κ3) is 5.85. The average molecular weight is 159 g/mol. The van der Waals surface area contributed by atoms with Crippen molar-refractivity contribution in [2.24, 2.45) is 11.1 Å². The van der Waals surface area contributed by atoms with Crippen LogP contribution in [0.4, 0.5) is 0 Å². The zero-order valence-electron chi connectivity index (χ0n) is 7.68. The van der Waals surface area contributed by atoms with E-state index in [1.165, 1.54) is 0 Å². The third-order valence-electron chi connectivity index (χ3n) is 1.02. The van der Waals surface area contributed by atoms with E-state index in [2.05, 4.69) is 0 Å². The monoisotopic (exact) mass is 159 g/mol. The molecular formula is C8H17NO2. The van der Waals surface area contributed by atoms with Crippen LogP contribution < -0.4 is 5.73 Å². The van der Waals surface area contributed by atoms with Crippen molar-refractivity contribution >= 4 is 5.97 Å². The molecule has 66 valence electrons. The fraction of sp³-hybridized carbons (Fsp3) is 0.875. The molecule has 0 spiro atoms. The minimum atomic E-state index is -0.516. The second-order valence-corrected chi connectivity index (χ2v) is 3.96. The summed E-state index contributed by atoms with van der Waals surface area (Å²) >= 11 is 0. The number of nitrogens with two attached hydrogens (primary N) is 1. The fourth-order valence-electron chi connectivity index (χ4n) is 0.419. The van der Waals surface area contributed by atoms with E-state index in [0.29, 0.717) is 6.61 Å². The van der Waals surface area contributed by atoms with Crippen molar-refractivity contribution in [1.29, 1.82) is 0 Å². The molecule has 0 aliphatic heterocycles. The highest BCUT2D eigenvalue weighted by atomic mass is 16.5. The van der Waals surface area contributed by atoms with Gasteiger partial charge in [0.05, 0.1) is 6.61 Å². The van der Waals surface area contributed by atoms with Crippen LogP contribution in [0.1, 0.15) is 27.7 Å². The van der Waals surface area contributed by atoms with Gasteiger partial charge in [-0.25, -0.2) is 0 Å². The Hall–Kier alpha value is -0.570. The van der Waals surface area contributed by atoms with Gasteiger partial charge in [-0.05, 0) is 12.3 Å². The number of carbonyl (C=O) groups excluding carboxylic acids is 1. The van der Waals surface area contributed by atoms with Crippen molar-refractivity contribution in [3.05, 3.63) is 0 Å². The van der Waals surface area contributed by atoms with Gasteiger partial charge in [0, 0.05) is 0 Å². The molecule has 0 saturated carbocycles. The number of hydrogen-bond acceptors (Lipinski definition) is 3. The Morgan fingerprint density at radius 1 is 1.55 bits per heavy atom. The van der Waals surface area contributed by atoms with Crippen molar-refractivity contribution in [3.63, 3.8) is 0 Å². The van der Waals surface area contributed by atoms with Gasteiger partial charge in [-0.15, -0.1) is 0 Å². The molecule has 0 fully saturated rings. The maximum absolute atomic E-state index is 10.8. The van der Waals surface area contributed by atoms with Crippen molar-refractivity contribution in [1.82, 2.24) is 0 Å². The highest BCUT2D eigenvalue weighted by molar-refractivity contribution is 5.74. The first-order chi connectivity index (χ1) is 4.83. The van der Waals surface area contributed by atoms with Gasteiger partial charge in [0.1, 0.15) is 6.04 Å². The predicted octanol–water partition coefficient (Wildman–Crippen LogP) is 0.923. The van der Waals surface area contributed by atoms with E-state index in [1.54, 1.807) is 6.92 Å². The van der Waals surface area contributed by atoms with Gasteiger partial charge in [0.25, 0.3) is 0 Å². The van der Waals surface area contributed by atoms with E-state index in [4.69, 9.17) is 10.5 Å². The molecule has 0 heterocycles. The SMILES string of the molecule is C[C@H](N)C(=O)OCC(C)(C)C. The molecule has 0 radical (unpaired) electrons. The van der Waals surface area contributed by atoms with Gasteiger partial charge in [0.2, 0.25) is 0 Å². The standard InChI is InChI=1S/C8H17NO2/c1-6(9)7(10)11-5-8(2,3)4/h6H,5,9H2,1-4H3/t6-/m0/s1. The molecule has 0 aliphatic rings. The summed E-state index contributed by atoms with van der Waals surface area (Å²) in [6.07, 6.45) is 0. The van der Waals surface area contributed by atoms with Crippen molar-refractivity contribution in [3.8, 4) is 0 Å². The smallest absolute Gasteiger partial charge is 0.322 e. The lowest BCUT2D eigenvalue weighted by atomic mass is 9.99. The van der Waals surface area contributed by atoms with Gasteiger partial charge in [-0.1, -0.05) is 20.8 Å². The molecule has 0 aliphatic carbocycles. The Labute approximate surface area is 67.9 Å². The summed E-state index contributed by atoms with van der Waals surface area (Å²) in [5.74, 6) is -0.333. The number of ether oxygens (including phenoxy) is 1. The highest BCUT2D eigenvalue weighted by Crippen LogP contribution is 2.12. The number of esters is 1. The van der Waals surface area contributed by atoms with E-state index in [9.17, 15) is 4.79 Å². The largest absolute Gasteiger partial charge is 0.464 e. The second kappa shape index (κ2) is 3.72. The lowest BCUT2D eigenvalue weighted by Crippen LogP contribution is -2.31. The summed E-state index contributed by atoms with van der Waals surface area (Å²) < 4.78 is 4.90. The Kier molecular flexibility index (Phi) is 3.52. The molecule has 2 N–H and O–H groups in total. The Bertz CT molecular complexity index is 136. The zero-order chi connectivity index (χ0) is 9.07. The summed E-state index contributed by atoms with van der Waals surface area (Å²) in [6, 6.07) is -0.516. The Morgan fingerprint density at radius 2 is 2.00 bits per heavy atom. The molecule has 3 nitrogen and oxygen atoms in total. The quantitative estimate of drug-likeness (QED) is 0.610. The van der Waals surface area contributed by atoms with Crippen molar-refractivity contribution in [2.75, 3.05) is 6.61 Å². The van der Waals surface area contributed by atoms with E-state index in [-0.39, 0.29) is 11.4 Å². The molecule has 0 rings (SSSR count).